The Bertz CT molecular complexity index is 1210. The van der Waals surface area contributed by atoms with Crippen LogP contribution in [0.15, 0.2) is 66.7 Å². The molecule has 0 unspecified atom stereocenters. The highest BCUT2D eigenvalue weighted by molar-refractivity contribution is 7.19. The normalized spacial score (nSPS) is 10.5. The molecule has 0 aliphatic carbocycles. The van der Waals surface area contributed by atoms with E-state index >= 15 is 0 Å². The first-order valence-corrected chi connectivity index (χ1v) is 9.31. The van der Waals surface area contributed by atoms with Crippen LogP contribution in [0, 0.1) is 11.3 Å². The predicted octanol–water partition coefficient (Wildman–Crippen LogP) is 5.74. The number of anilines is 1. The number of benzene rings is 2. The maximum atomic E-state index is 13.0. The Hall–Kier alpha value is -3.20. The van der Waals surface area contributed by atoms with Crippen molar-refractivity contribution >= 4 is 45.4 Å². The van der Waals surface area contributed by atoms with Crippen LogP contribution in [0.4, 0.5) is 5.69 Å². The summed E-state index contributed by atoms with van der Waals surface area (Å²) >= 11 is 7.46. The quantitative estimate of drug-likeness (QED) is 0.485. The number of hydrogen-bond donors (Lipinski definition) is 1. The van der Waals surface area contributed by atoms with Gasteiger partial charge in [-0.1, -0.05) is 41.9 Å². The summed E-state index contributed by atoms with van der Waals surface area (Å²) in [5.74, 6) is -0.291. The zero-order chi connectivity index (χ0) is 18.8. The fourth-order valence-electron chi connectivity index (χ4n) is 2.82. The van der Waals surface area contributed by atoms with Gasteiger partial charge in [-0.15, -0.1) is 11.3 Å². The molecule has 4 rings (SSSR count). The molecule has 2 aromatic heterocycles. The lowest BCUT2D eigenvalue weighted by molar-refractivity contribution is 0.102. The first kappa shape index (κ1) is 17.2. The molecule has 0 saturated heterocycles. The third kappa shape index (κ3) is 3.41. The molecular formula is C21H12ClN3OS. The van der Waals surface area contributed by atoms with Crippen molar-refractivity contribution in [3.8, 4) is 16.6 Å². The Morgan fingerprint density at radius 1 is 1.07 bits per heavy atom. The Morgan fingerprint density at radius 2 is 1.85 bits per heavy atom. The SMILES string of the molecule is N#Cc1ccccc1NC(=O)c1cc(-c2ccc(Cl)s2)nc2ccccc12. The van der Waals surface area contributed by atoms with Crippen LogP contribution in [-0.4, -0.2) is 10.9 Å². The van der Waals surface area contributed by atoms with Crippen LogP contribution in [0.5, 0.6) is 0 Å². The second-order valence-electron chi connectivity index (χ2n) is 5.79. The monoisotopic (exact) mass is 389 g/mol. The molecule has 0 spiro atoms. The van der Waals surface area contributed by atoms with Gasteiger partial charge in [0.05, 0.1) is 37.2 Å². The molecule has 1 N–H and O–H groups in total. The molecule has 27 heavy (non-hydrogen) atoms. The summed E-state index contributed by atoms with van der Waals surface area (Å²) in [7, 11) is 0. The highest BCUT2D eigenvalue weighted by atomic mass is 35.5. The molecule has 2 aromatic carbocycles. The molecule has 4 aromatic rings. The van der Waals surface area contributed by atoms with Gasteiger partial charge in [-0.25, -0.2) is 4.98 Å². The van der Waals surface area contributed by atoms with E-state index in [2.05, 4.69) is 16.4 Å². The lowest BCUT2D eigenvalue weighted by Crippen LogP contribution is -2.14. The van der Waals surface area contributed by atoms with Gasteiger partial charge in [-0.05, 0) is 36.4 Å². The van der Waals surface area contributed by atoms with Gasteiger partial charge in [0.1, 0.15) is 6.07 Å². The van der Waals surface area contributed by atoms with Crippen molar-refractivity contribution in [2.24, 2.45) is 0 Å². The molecule has 130 valence electrons. The third-order valence-electron chi connectivity index (χ3n) is 4.08. The van der Waals surface area contributed by atoms with E-state index in [1.165, 1.54) is 11.3 Å². The number of pyridine rings is 1. The molecule has 0 saturated carbocycles. The number of fused-ring (bicyclic) bond motifs is 1. The molecule has 1 amide bonds. The number of hydrogen-bond acceptors (Lipinski definition) is 4. The van der Waals surface area contributed by atoms with Crippen LogP contribution in [0.25, 0.3) is 21.5 Å². The second-order valence-corrected chi connectivity index (χ2v) is 7.50. The van der Waals surface area contributed by atoms with Crippen LogP contribution in [0.3, 0.4) is 0 Å². The molecule has 0 aliphatic rings. The van der Waals surface area contributed by atoms with Gasteiger partial charge in [0, 0.05) is 5.39 Å². The van der Waals surface area contributed by atoms with E-state index in [4.69, 9.17) is 11.6 Å². The van der Waals surface area contributed by atoms with E-state index in [-0.39, 0.29) is 5.91 Å². The zero-order valence-corrected chi connectivity index (χ0v) is 15.5. The average Bonchev–Trinajstić information content (AvgIpc) is 3.14. The number of rotatable bonds is 3. The summed E-state index contributed by atoms with van der Waals surface area (Å²) in [5, 5.41) is 12.8. The summed E-state index contributed by atoms with van der Waals surface area (Å²) < 4.78 is 0.661. The number of thiophene rings is 1. The van der Waals surface area contributed by atoms with E-state index in [1.54, 1.807) is 36.4 Å². The highest BCUT2D eigenvalue weighted by Gasteiger charge is 2.16. The fourth-order valence-corrected chi connectivity index (χ4v) is 3.82. The van der Waals surface area contributed by atoms with E-state index < -0.39 is 0 Å². The zero-order valence-electron chi connectivity index (χ0n) is 13.9. The van der Waals surface area contributed by atoms with Crippen molar-refractivity contribution in [1.82, 2.24) is 4.98 Å². The molecule has 0 fully saturated rings. The molecular weight excluding hydrogens is 378 g/mol. The minimum absolute atomic E-state index is 0.291. The van der Waals surface area contributed by atoms with Gasteiger partial charge < -0.3 is 5.32 Å². The lowest BCUT2D eigenvalue weighted by Gasteiger charge is -2.11. The summed E-state index contributed by atoms with van der Waals surface area (Å²) in [6, 6.07) is 21.9. The largest absolute Gasteiger partial charge is 0.321 e. The third-order valence-corrected chi connectivity index (χ3v) is 5.34. The van der Waals surface area contributed by atoms with Crippen LogP contribution >= 0.6 is 22.9 Å². The molecule has 4 nitrogen and oxygen atoms in total. The lowest BCUT2D eigenvalue weighted by atomic mass is 10.1. The molecule has 2 heterocycles. The molecule has 0 aliphatic heterocycles. The highest BCUT2D eigenvalue weighted by Crippen LogP contribution is 2.32. The summed E-state index contributed by atoms with van der Waals surface area (Å²) in [6.07, 6.45) is 0. The number of amides is 1. The van der Waals surface area contributed by atoms with Crippen LogP contribution in [0.2, 0.25) is 4.34 Å². The van der Waals surface area contributed by atoms with Gasteiger partial charge in [0.2, 0.25) is 0 Å². The maximum absolute atomic E-state index is 13.0. The summed E-state index contributed by atoms with van der Waals surface area (Å²) in [5.41, 5.74) is 2.79. The smallest absolute Gasteiger partial charge is 0.256 e. The van der Waals surface area contributed by atoms with E-state index in [1.807, 2.05) is 30.3 Å². The van der Waals surface area contributed by atoms with Gasteiger partial charge >= 0.3 is 0 Å². The van der Waals surface area contributed by atoms with Crippen molar-refractivity contribution in [2.45, 2.75) is 0 Å². The number of para-hydroxylation sites is 2. The second kappa shape index (κ2) is 7.20. The topological polar surface area (TPSA) is 65.8 Å². The molecule has 0 bridgehead atoms. The predicted molar refractivity (Wildman–Crippen MR) is 109 cm³/mol. The summed E-state index contributed by atoms with van der Waals surface area (Å²) in [6.45, 7) is 0. The summed E-state index contributed by atoms with van der Waals surface area (Å²) in [4.78, 5) is 18.6. The molecule has 6 heteroatoms. The number of aromatic nitrogens is 1. The van der Waals surface area contributed by atoms with Crippen LogP contribution < -0.4 is 5.32 Å². The van der Waals surface area contributed by atoms with Crippen molar-refractivity contribution < 1.29 is 4.79 Å². The number of nitrogens with one attached hydrogen (secondary N) is 1. The Kier molecular flexibility index (Phi) is 4.59. The minimum atomic E-state index is -0.291. The fraction of sp³-hybridized carbons (Fsp3) is 0. The Morgan fingerprint density at radius 3 is 2.63 bits per heavy atom. The molecule has 0 radical (unpaired) electrons. The van der Waals surface area contributed by atoms with Crippen LogP contribution in [0.1, 0.15) is 15.9 Å². The van der Waals surface area contributed by atoms with Crippen molar-refractivity contribution in [2.75, 3.05) is 5.32 Å². The molecule has 0 atom stereocenters. The maximum Gasteiger partial charge on any atom is 0.256 e. The van der Waals surface area contributed by atoms with Gasteiger partial charge in [-0.2, -0.15) is 5.26 Å². The van der Waals surface area contributed by atoms with Crippen molar-refractivity contribution in [1.29, 1.82) is 5.26 Å². The van der Waals surface area contributed by atoms with E-state index in [0.717, 1.165) is 15.8 Å². The number of carbonyl (C=O) groups excluding carboxylic acids is 1. The average molecular weight is 390 g/mol. The first-order chi connectivity index (χ1) is 13.2. The number of carbonyl (C=O) groups is 1. The van der Waals surface area contributed by atoms with Crippen LogP contribution in [-0.2, 0) is 0 Å². The minimum Gasteiger partial charge on any atom is -0.321 e. The van der Waals surface area contributed by atoms with E-state index in [0.29, 0.717) is 26.8 Å². The van der Waals surface area contributed by atoms with Crippen molar-refractivity contribution in [3.05, 3.63) is 82.2 Å². The number of nitrogens with zero attached hydrogens (tertiary/aromatic N) is 2. The van der Waals surface area contributed by atoms with Gasteiger partial charge in [0.25, 0.3) is 5.91 Å². The number of nitriles is 1. The van der Waals surface area contributed by atoms with E-state index in [9.17, 15) is 10.1 Å². The van der Waals surface area contributed by atoms with Crippen molar-refractivity contribution in [3.63, 3.8) is 0 Å². The van der Waals surface area contributed by atoms with Gasteiger partial charge in [-0.3, -0.25) is 4.79 Å². The standard InChI is InChI=1S/C21H12ClN3OS/c22-20-10-9-19(27-20)18-11-15(14-6-2-4-8-17(14)24-18)21(26)25-16-7-3-1-5-13(16)12-23/h1-11H,(H,25,26). The Labute approximate surface area is 164 Å². The Balaban J connectivity index is 1.82. The first-order valence-electron chi connectivity index (χ1n) is 8.11. The number of halogens is 1. The van der Waals surface area contributed by atoms with Gasteiger partial charge in [0.15, 0.2) is 0 Å².